The third kappa shape index (κ3) is 4.96. The van der Waals surface area contributed by atoms with Crippen LogP contribution in [0.3, 0.4) is 0 Å². The maximum atomic E-state index is 11.9. The molecule has 0 aliphatic heterocycles. The van der Waals surface area contributed by atoms with Gasteiger partial charge in [-0.05, 0) is 31.4 Å². The summed E-state index contributed by atoms with van der Waals surface area (Å²) in [6.45, 7) is 2.07. The zero-order valence-electron chi connectivity index (χ0n) is 14.4. The fraction of sp³-hybridized carbons (Fsp3) is 0.444. The summed E-state index contributed by atoms with van der Waals surface area (Å²) in [6.07, 6.45) is 7.12. The Morgan fingerprint density at radius 2 is 2.12 bits per heavy atom. The fourth-order valence-electron chi connectivity index (χ4n) is 2.77. The molecular formula is C18H23N5O2. The first-order chi connectivity index (χ1) is 12.2. The van der Waals surface area contributed by atoms with Gasteiger partial charge in [0.2, 0.25) is 0 Å². The maximum absolute atomic E-state index is 11.9. The average molecular weight is 341 g/mol. The number of carbonyl (C=O) groups is 1. The zero-order chi connectivity index (χ0) is 17.5. The quantitative estimate of drug-likeness (QED) is 0.752. The number of carbonyl (C=O) groups excluding carboxylic acids is 1. The van der Waals surface area contributed by atoms with Crippen molar-refractivity contribution in [2.24, 2.45) is 0 Å². The highest BCUT2D eigenvalue weighted by Gasteiger charge is 2.16. The topological polar surface area (TPSA) is 89.0 Å². The molecule has 25 heavy (non-hydrogen) atoms. The largest absolute Gasteiger partial charge is 0.368 e. The molecule has 1 saturated carbocycles. The second-order valence-electron chi connectivity index (χ2n) is 6.03. The second kappa shape index (κ2) is 8.53. The van der Waals surface area contributed by atoms with E-state index in [0.717, 1.165) is 25.0 Å². The Balaban J connectivity index is 1.60. The Morgan fingerprint density at radius 3 is 2.84 bits per heavy atom. The standard InChI is InChI=1S/C18H23N5O2/c1-2-13-11-16(21-18(20-13)15-9-5-6-10-19-15)22-23-17(24)12-25-14-7-3-4-8-14/h5-6,9-11,14H,2-4,7-8,12H2,1H3,(H,23,24)(H,20,21,22). The lowest BCUT2D eigenvalue weighted by Crippen LogP contribution is -2.34. The van der Waals surface area contributed by atoms with Crippen molar-refractivity contribution in [3.8, 4) is 11.5 Å². The lowest BCUT2D eigenvalue weighted by molar-refractivity contribution is -0.127. The Morgan fingerprint density at radius 1 is 1.28 bits per heavy atom. The van der Waals surface area contributed by atoms with Gasteiger partial charge in [-0.1, -0.05) is 25.8 Å². The van der Waals surface area contributed by atoms with Crippen molar-refractivity contribution in [3.63, 3.8) is 0 Å². The SMILES string of the molecule is CCc1cc(NNC(=O)COC2CCCC2)nc(-c2ccccn2)n1. The van der Waals surface area contributed by atoms with Crippen LogP contribution in [0.1, 0.15) is 38.3 Å². The number of nitrogens with one attached hydrogen (secondary N) is 2. The van der Waals surface area contributed by atoms with E-state index in [1.807, 2.05) is 31.2 Å². The van der Waals surface area contributed by atoms with E-state index in [0.29, 0.717) is 17.3 Å². The summed E-state index contributed by atoms with van der Waals surface area (Å²) in [7, 11) is 0. The summed E-state index contributed by atoms with van der Waals surface area (Å²) in [4.78, 5) is 25.1. The number of aryl methyl sites for hydroxylation is 1. The first kappa shape index (κ1) is 17.3. The molecule has 0 bridgehead atoms. The zero-order valence-corrected chi connectivity index (χ0v) is 14.4. The van der Waals surface area contributed by atoms with Gasteiger partial charge in [-0.25, -0.2) is 9.97 Å². The van der Waals surface area contributed by atoms with E-state index in [2.05, 4.69) is 25.8 Å². The van der Waals surface area contributed by atoms with Crippen LogP contribution in [0.5, 0.6) is 0 Å². The molecule has 2 aromatic rings. The summed E-state index contributed by atoms with van der Waals surface area (Å²) < 4.78 is 5.60. The molecule has 0 radical (unpaired) electrons. The number of nitrogens with zero attached hydrogens (tertiary/aromatic N) is 3. The van der Waals surface area contributed by atoms with Gasteiger partial charge in [0.05, 0.1) is 6.10 Å². The van der Waals surface area contributed by atoms with Gasteiger partial charge in [0.15, 0.2) is 5.82 Å². The Bertz CT molecular complexity index is 702. The van der Waals surface area contributed by atoms with Crippen LogP contribution in [-0.2, 0) is 16.0 Å². The van der Waals surface area contributed by atoms with Crippen LogP contribution >= 0.6 is 0 Å². The van der Waals surface area contributed by atoms with Crippen LogP contribution in [0.2, 0.25) is 0 Å². The predicted octanol–water partition coefficient (Wildman–Crippen LogP) is 2.50. The molecule has 0 aromatic carbocycles. The van der Waals surface area contributed by atoms with Gasteiger partial charge in [0, 0.05) is 18.0 Å². The molecule has 7 nitrogen and oxygen atoms in total. The fourth-order valence-corrected chi connectivity index (χ4v) is 2.77. The molecule has 3 rings (SSSR count). The minimum absolute atomic E-state index is 0.0521. The molecule has 1 fully saturated rings. The molecule has 0 saturated heterocycles. The van der Waals surface area contributed by atoms with Crippen molar-refractivity contribution in [1.82, 2.24) is 20.4 Å². The van der Waals surface area contributed by atoms with E-state index >= 15 is 0 Å². The average Bonchev–Trinajstić information content (AvgIpc) is 3.19. The van der Waals surface area contributed by atoms with E-state index < -0.39 is 0 Å². The molecule has 7 heteroatoms. The van der Waals surface area contributed by atoms with Crippen molar-refractivity contribution < 1.29 is 9.53 Å². The Kier molecular flexibility index (Phi) is 5.90. The summed E-state index contributed by atoms with van der Waals surface area (Å²) in [6, 6.07) is 7.40. The highest BCUT2D eigenvalue weighted by molar-refractivity contribution is 5.78. The van der Waals surface area contributed by atoms with E-state index in [-0.39, 0.29) is 18.6 Å². The number of ether oxygens (including phenoxy) is 1. The minimum Gasteiger partial charge on any atom is -0.368 e. The lowest BCUT2D eigenvalue weighted by atomic mass is 10.3. The van der Waals surface area contributed by atoms with E-state index in [1.54, 1.807) is 6.20 Å². The molecule has 132 valence electrons. The third-order valence-corrected chi connectivity index (χ3v) is 4.12. The van der Waals surface area contributed by atoms with Gasteiger partial charge in [-0.15, -0.1) is 0 Å². The first-order valence-corrected chi connectivity index (χ1v) is 8.70. The number of anilines is 1. The maximum Gasteiger partial charge on any atom is 0.264 e. The molecule has 1 aliphatic carbocycles. The second-order valence-corrected chi connectivity index (χ2v) is 6.03. The van der Waals surface area contributed by atoms with Crippen molar-refractivity contribution >= 4 is 11.7 Å². The van der Waals surface area contributed by atoms with Crippen molar-refractivity contribution in [1.29, 1.82) is 0 Å². The molecular weight excluding hydrogens is 318 g/mol. The Labute approximate surface area is 147 Å². The van der Waals surface area contributed by atoms with Crippen LogP contribution in [-0.4, -0.2) is 33.6 Å². The lowest BCUT2D eigenvalue weighted by Gasteiger charge is -2.13. The van der Waals surface area contributed by atoms with Crippen LogP contribution in [0.25, 0.3) is 11.5 Å². The summed E-state index contributed by atoms with van der Waals surface area (Å²) in [5.41, 5.74) is 7.04. The van der Waals surface area contributed by atoms with Crippen LogP contribution < -0.4 is 10.9 Å². The Hall–Kier alpha value is -2.54. The highest BCUT2D eigenvalue weighted by atomic mass is 16.5. The van der Waals surface area contributed by atoms with Gasteiger partial charge >= 0.3 is 0 Å². The molecule has 2 aromatic heterocycles. The van der Waals surface area contributed by atoms with Gasteiger partial charge < -0.3 is 4.74 Å². The first-order valence-electron chi connectivity index (χ1n) is 8.70. The number of hydrogen-bond donors (Lipinski definition) is 2. The smallest absolute Gasteiger partial charge is 0.264 e. The molecule has 0 spiro atoms. The number of amides is 1. The number of aromatic nitrogens is 3. The number of hydrogen-bond acceptors (Lipinski definition) is 6. The van der Waals surface area contributed by atoms with Crippen molar-refractivity contribution in [2.75, 3.05) is 12.0 Å². The van der Waals surface area contributed by atoms with Crippen molar-refractivity contribution in [2.45, 2.75) is 45.1 Å². The van der Waals surface area contributed by atoms with Gasteiger partial charge in [-0.3, -0.25) is 20.6 Å². The number of rotatable bonds is 7. The third-order valence-electron chi connectivity index (χ3n) is 4.12. The minimum atomic E-state index is -0.219. The van der Waals surface area contributed by atoms with E-state index in [1.165, 1.54) is 12.8 Å². The van der Waals surface area contributed by atoms with E-state index in [4.69, 9.17) is 4.74 Å². The van der Waals surface area contributed by atoms with Gasteiger partial charge in [0.25, 0.3) is 5.91 Å². The summed E-state index contributed by atoms with van der Waals surface area (Å²) >= 11 is 0. The predicted molar refractivity (Wildman–Crippen MR) is 94.6 cm³/mol. The van der Waals surface area contributed by atoms with Crippen LogP contribution in [0.15, 0.2) is 30.5 Å². The normalized spacial score (nSPS) is 14.4. The molecule has 0 atom stereocenters. The van der Waals surface area contributed by atoms with Gasteiger partial charge in [0.1, 0.15) is 18.1 Å². The monoisotopic (exact) mass is 341 g/mol. The molecule has 1 amide bonds. The molecule has 2 N–H and O–H groups in total. The van der Waals surface area contributed by atoms with E-state index in [9.17, 15) is 4.79 Å². The van der Waals surface area contributed by atoms with Crippen LogP contribution in [0.4, 0.5) is 5.82 Å². The van der Waals surface area contributed by atoms with Crippen molar-refractivity contribution in [3.05, 3.63) is 36.2 Å². The number of pyridine rings is 1. The van der Waals surface area contributed by atoms with Gasteiger partial charge in [-0.2, -0.15) is 0 Å². The molecule has 1 aliphatic rings. The summed E-state index contributed by atoms with van der Waals surface area (Å²) in [5, 5.41) is 0. The summed E-state index contributed by atoms with van der Waals surface area (Å²) in [5.74, 6) is 0.837. The molecule has 0 unspecified atom stereocenters. The highest BCUT2D eigenvalue weighted by Crippen LogP contribution is 2.20. The number of hydrazine groups is 1. The molecule has 2 heterocycles. The van der Waals surface area contributed by atoms with Crippen LogP contribution in [0, 0.1) is 0 Å².